The first-order chi connectivity index (χ1) is 9.02. The predicted octanol–water partition coefficient (Wildman–Crippen LogP) is 1.49. The van der Waals surface area contributed by atoms with Crippen LogP contribution in [0.4, 0.5) is 4.39 Å². The highest BCUT2D eigenvalue weighted by molar-refractivity contribution is 6.39. The van der Waals surface area contributed by atoms with Crippen molar-refractivity contribution in [1.82, 2.24) is 9.97 Å². The van der Waals surface area contributed by atoms with Crippen LogP contribution in [0.15, 0.2) is 24.4 Å². The summed E-state index contributed by atoms with van der Waals surface area (Å²) in [5.41, 5.74) is 0.210. The molecule has 0 bridgehead atoms. The average Bonchev–Trinajstić information content (AvgIpc) is 2.87. The Hall–Kier alpha value is -2.70. The fourth-order valence-corrected chi connectivity index (χ4v) is 1.51. The number of carbonyl (C=O) groups is 2. The number of carbonyl (C=O) groups excluding carboxylic acids is 1. The Kier molecular flexibility index (Phi) is 3.28. The summed E-state index contributed by atoms with van der Waals surface area (Å²) in [6.45, 7) is 0. The molecule has 0 spiro atoms. The molecular formula is C12H9FN2O4. The lowest BCUT2D eigenvalue weighted by Gasteiger charge is -2.02. The summed E-state index contributed by atoms with van der Waals surface area (Å²) in [5.74, 6) is -2.99. The molecule has 98 valence electrons. The van der Waals surface area contributed by atoms with Gasteiger partial charge in [0.1, 0.15) is 11.5 Å². The Morgan fingerprint density at radius 1 is 1.42 bits per heavy atom. The number of aliphatic carboxylic acids is 1. The van der Waals surface area contributed by atoms with Gasteiger partial charge in [0, 0.05) is 5.56 Å². The molecule has 1 aromatic carbocycles. The number of Topliss-reactive ketones (excluding diaryl/α,β-unsaturated/α-hetero) is 1. The summed E-state index contributed by atoms with van der Waals surface area (Å²) in [7, 11) is 1.34. The number of methoxy groups -OCH3 is 1. The molecule has 7 heteroatoms. The van der Waals surface area contributed by atoms with E-state index in [0.29, 0.717) is 5.56 Å². The van der Waals surface area contributed by atoms with Crippen molar-refractivity contribution in [2.24, 2.45) is 0 Å². The van der Waals surface area contributed by atoms with Crippen LogP contribution in [0.3, 0.4) is 0 Å². The smallest absolute Gasteiger partial charge is 0.378 e. The van der Waals surface area contributed by atoms with Gasteiger partial charge < -0.3 is 14.8 Å². The van der Waals surface area contributed by atoms with Crippen LogP contribution in [0.1, 0.15) is 10.5 Å². The number of nitrogens with zero attached hydrogens (tertiary/aromatic N) is 1. The summed E-state index contributed by atoms with van der Waals surface area (Å²) in [4.78, 5) is 28.1. The standard InChI is InChI=1S/C12H9FN2O4/c1-19-9-3-2-6(4-7(9)13)11-14-5-8(15-11)10(16)12(17)18/h2-5H,1H3,(H,14,15)(H,17,18). The minimum Gasteiger partial charge on any atom is -0.494 e. The lowest BCUT2D eigenvalue weighted by atomic mass is 10.2. The second kappa shape index (κ2) is 4.89. The molecule has 0 saturated heterocycles. The van der Waals surface area contributed by atoms with Crippen LogP contribution in [0, 0.1) is 5.82 Å². The maximum Gasteiger partial charge on any atom is 0.378 e. The molecule has 6 nitrogen and oxygen atoms in total. The maximum absolute atomic E-state index is 13.5. The number of benzene rings is 1. The van der Waals surface area contributed by atoms with Crippen LogP contribution >= 0.6 is 0 Å². The number of hydrogen-bond acceptors (Lipinski definition) is 4. The van der Waals surface area contributed by atoms with Gasteiger partial charge in [-0.1, -0.05) is 0 Å². The SMILES string of the molecule is COc1ccc(-c2ncc(C(=O)C(=O)O)[nH]2)cc1F. The molecule has 0 fully saturated rings. The number of ether oxygens (including phenoxy) is 1. The van der Waals surface area contributed by atoms with E-state index in [9.17, 15) is 14.0 Å². The molecule has 0 unspecified atom stereocenters. The highest BCUT2D eigenvalue weighted by atomic mass is 19.1. The van der Waals surface area contributed by atoms with Crippen molar-refractivity contribution in [3.8, 4) is 17.1 Å². The number of rotatable bonds is 4. The third-order valence-electron chi connectivity index (χ3n) is 2.44. The van der Waals surface area contributed by atoms with E-state index in [4.69, 9.17) is 9.84 Å². The number of hydrogen-bond donors (Lipinski definition) is 2. The van der Waals surface area contributed by atoms with Crippen molar-refractivity contribution in [3.63, 3.8) is 0 Å². The molecule has 0 atom stereocenters. The number of H-pyrrole nitrogens is 1. The molecular weight excluding hydrogens is 255 g/mol. The van der Waals surface area contributed by atoms with Crippen LogP contribution in [0.2, 0.25) is 0 Å². The zero-order valence-corrected chi connectivity index (χ0v) is 9.81. The number of aromatic nitrogens is 2. The average molecular weight is 264 g/mol. The van der Waals surface area contributed by atoms with Crippen molar-refractivity contribution in [2.45, 2.75) is 0 Å². The predicted molar refractivity (Wildman–Crippen MR) is 62.5 cm³/mol. The molecule has 19 heavy (non-hydrogen) atoms. The van der Waals surface area contributed by atoms with E-state index < -0.39 is 17.6 Å². The number of carboxylic acids is 1. The molecule has 1 heterocycles. The summed E-state index contributed by atoms with van der Waals surface area (Å²) < 4.78 is 18.3. The van der Waals surface area contributed by atoms with Gasteiger partial charge in [-0.15, -0.1) is 0 Å². The minimum atomic E-state index is -1.59. The highest BCUT2D eigenvalue weighted by Gasteiger charge is 2.18. The maximum atomic E-state index is 13.5. The van der Waals surface area contributed by atoms with E-state index in [-0.39, 0.29) is 17.3 Å². The second-order valence-corrected chi connectivity index (χ2v) is 3.63. The van der Waals surface area contributed by atoms with Crippen LogP contribution in [0.5, 0.6) is 5.75 Å². The number of aromatic amines is 1. The van der Waals surface area contributed by atoms with Crippen LogP contribution in [0.25, 0.3) is 11.4 Å². The van der Waals surface area contributed by atoms with E-state index in [1.807, 2.05) is 0 Å². The minimum absolute atomic E-state index is 0.0807. The third kappa shape index (κ3) is 2.44. The van der Waals surface area contributed by atoms with E-state index in [1.165, 1.54) is 25.3 Å². The molecule has 0 saturated carbocycles. The molecule has 2 N–H and O–H groups in total. The third-order valence-corrected chi connectivity index (χ3v) is 2.44. The second-order valence-electron chi connectivity index (χ2n) is 3.63. The molecule has 0 aliphatic heterocycles. The fraction of sp³-hybridized carbons (Fsp3) is 0.0833. The van der Waals surface area contributed by atoms with Gasteiger partial charge in [0.05, 0.1) is 13.3 Å². The van der Waals surface area contributed by atoms with Gasteiger partial charge in [-0.2, -0.15) is 0 Å². The van der Waals surface area contributed by atoms with E-state index in [2.05, 4.69) is 9.97 Å². The van der Waals surface area contributed by atoms with Gasteiger partial charge >= 0.3 is 5.97 Å². The lowest BCUT2D eigenvalue weighted by molar-refractivity contribution is -0.131. The van der Waals surface area contributed by atoms with E-state index >= 15 is 0 Å². The van der Waals surface area contributed by atoms with Crippen molar-refractivity contribution < 1.29 is 23.8 Å². The summed E-state index contributed by atoms with van der Waals surface area (Å²) in [6, 6.07) is 4.12. The first kappa shape index (κ1) is 12.7. The highest BCUT2D eigenvalue weighted by Crippen LogP contribution is 2.23. The molecule has 0 aliphatic carbocycles. The number of imidazole rings is 1. The van der Waals surface area contributed by atoms with Crippen molar-refractivity contribution in [1.29, 1.82) is 0 Å². The zero-order chi connectivity index (χ0) is 14.0. The Morgan fingerprint density at radius 2 is 2.16 bits per heavy atom. The van der Waals surface area contributed by atoms with Crippen molar-refractivity contribution >= 4 is 11.8 Å². The number of ketones is 1. The van der Waals surface area contributed by atoms with Gasteiger partial charge in [0.15, 0.2) is 11.6 Å². The monoisotopic (exact) mass is 264 g/mol. The number of halogens is 1. The molecule has 2 aromatic rings. The van der Waals surface area contributed by atoms with Crippen molar-refractivity contribution in [2.75, 3.05) is 7.11 Å². The Labute approximate surface area is 106 Å². The van der Waals surface area contributed by atoms with Gasteiger partial charge in [-0.25, -0.2) is 14.2 Å². The number of nitrogens with one attached hydrogen (secondary N) is 1. The summed E-state index contributed by atoms with van der Waals surface area (Å²) >= 11 is 0. The van der Waals surface area contributed by atoms with Crippen LogP contribution in [-0.2, 0) is 4.79 Å². The Bertz CT molecular complexity index is 651. The molecule has 0 radical (unpaired) electrons. The molecule has 0 amide bonds. The molecule has 0 aliphatic rings. The van der Waals surface area contributed by atoms with Crippen molar-refractivity contribution in [3.05, 3.63) is 35.9 Å². The largest absolute Gasteiger partial charge is 0.494 e. The van der Waals surface area contributed by atoms with Gasteiger partial charge in [0.2, 0.25) is 0 Å². The Morgan fingerprint density at radius 3 is 2.74 bits per heavy atom. The summed E-state index contributed by atoms with van der Waals surface area (Å²) in [6.07, 6.45) is 1.09. The van der Waals surface area contributed by atoms with Gasteiger partial charge in [0.25, 0.3) is 5.78 Å². The first-order valence-electron chi connectivity index (χ1n) is 5.19. The molecule has 1 aromatic heterocycles. The van der Waals surface area contributed by atoms with Gasteiger partial charge in [-0.3, -0.25) is 4.79 Å². The zero-order valence-electron chi connectivity index (χ0n) is 9.81. The van der Waals surface area contributed by atoms with E-state index in [0.717, 1.165) is 6.20 Å². The van der Waals surface area contributed by atoms with E-state index in [1.54, 1.807) is 0 Å². The topological polar surface area (TPSA) is 92.3 Å². The summed E-state index contributed by atoms with van der Waals surface area (Å²) in [5, 5.41) is 8.55. The first-order valence-corrected chi connectivity index (χ1v) is 5.19. The van der Waals surface area contributed by atoms with Crippen LogP contribution in [-0.4, -0.2) is 33.9 Å². The van der Waals surface area contributed by atoms with Crippen LogP contribution < -0.4 is 4.74 Å². The number of carboxylic acid groups (broad SMARTS) is 1. The molecule has 2 rings (SSSR count). The Balaban J connectivity index is 2.35. The normalized spacial score (nSPS) is 10.2. The quantitative estimate of drug-likeness (QED) is 0.644. The van der Waals surface area contributed by atoms with Gasteiger partial charge in [-0.05, 0) is 18.2 Å². The lowest BCUT2D eigenvalue weighted by Crippen LogP contribution is -2.12. The fourth-order valence-electron chi connectivity index (χ4n) is 1.51.